The number of amides is 1. The zero-order valence-corrected chi connectivity index (χ0v) is 17.8. The van der Waals surface area contributed by atoms with Crippen molar-refractivity contribution < 1.29 is 22.7 Å². The second-order valence-electron chi connectivity index (χ2n) is 6.53. The Labute approximate surface area is 166 Å². The van der Waals surface area contributed by atoms with Crippen molar-refractivity contribution in [1.29, 1.82) is 0 Å². The molecule has 1 amide bonds. The van der Waals surface area contributed by atoms with Gasteiger partial charge in [-0.25, -0.2) is 8.42 Å². The number of rotatable bonds is 7. The number of benzene rings is 2. The van der Waals surface area contributed by atoms with Crippen LogP contribution < -0.4 is 19.1 Å². The Morgan fingerprint density at radius 2 is 1.79 bits per heavy atom. The molecule has 2 aromatic rings. The maximum absolute atomic E-state index is 12.8. The number of aryl methyl sites for hydroxylation is 1. The van der Waals surface area contributed by atoms with Gasteiger partial charge in [-0.05, 0) is 49.7 Å². The minimum absolute atomic E-state index is 0.319. The molecule has 0 aliphatic heterocycles. The summed E-state index contributed by atoms with van der Waals surface area (Å²) in [6.45, 7) is 3.63. The lowest BCUT2D eigenvalue weighted by Gasteiger charge is -2.21. The first kappa shape index (κ1) is 21.6. The van der Waals surface area contributed by atoms with Crippen LogP contribution in [0.2, 0.25) is 0 Å². The summed E-state index contributed by atoms with van der Waals surface area (Å²) in [5.74, 6) is 0.972. The third-order valence-electron chi connectivity index (χ3n) is 4.56. The van der Waals surface area contributed by atoms with E-state index in [1.165, 1.54) is 7.05 Å². The zero-order chi connectivity index (χ0) is 21.1. The summed E-state index contributed by atoms with van der Waals surface area (Å²) in [5.41, 5.74) is 2.36. The Morgan fingerprint density at radius 1 is 1.11 bits per heavy atom. The van der Waals surface area contributed by atoms with Crippen molar-refractivity contribution in [2.45, 2.75) is 19.9 Å². The lowest BCUT2D eigenvalue weighted by atomic mass is 10.0. The summed E-state index contributed by atoms with van der Waals surface area (Å²) in [6.07, 6.45) is 1.12. The fourth-order valence-corrected chi connectivity index (χ4v) is 3.36. The molecular weight excluding hydrogens is 380 g/mol. The summed E-state index contributed by atoms with van der Waals surface area (Å²) < 4.78 is 35.5. The van der Waals surface area contributed by atoms with Gasteiger partial charge in [0.1, 0.15) is 11.5 Å². The van der Waals surface area contributed by atoms with Crippen LogP contribution in [0.5, 0.6) is 11.5 Å². The van der Waals surface area contributed by atoms with Crippen molar-refractivity contribution in [2.24, 2.45) is 0 Å². The predicted octanol–water partition coefficient (Wildman–Crippen LogP) is 2.90. The number of nitrogens with zero attached hydrogens (tertiary/aromatic N) is 1. The van der Waals surface area contributed by atoms with Crippen molar-refractivity contribution in [3.05, 3.63) is 53.1 Å². The normalized spacial score (nSPS) is 12.2. The van der Waals surface area contributed by atoms with Gasteiger partial charge in [0, 0.05) is 18.2 Å². The van der Waals surface area contributed by atoms with Crippen LogP contribution in [0.3, 0.4) is 0 Å². The molecule has 0 spiro atoms. The standard InChI is InChI=1S/C20H26N2O5S/c1-13-7-8-15(11-18(13)22(3)28(6,24)25)20(23)21-14(2)17-12-16(26-4)9-10-19(17)27-5/h7-12,14H,1-6H3,(H,21,23)/t14-/m1/s1. The average molecular weight is 407 g/mol. The first-order chi connectivity index (χ1) is 13.1. The van der Waals surface area contributed by atoms with E-state index >= 15 is 0 Å². The smallest absolute Gasteiger partial charge is 0.251 e. The maximum Gasteiger partial charge on any atom is 0.251 e. The number of carbonyl (C=O) groups is 1. The monoisotopic (exact) mass is 406 g/mol. The second kappa shape index (κ2) is 8.52. The Hall–Kier alpha value is -2.74. The van der Waals surface area contributed by atoms with E-state index in [1.807, 2.05) is 13.0 Å². The lowest BCUT2D eigenvalue weighted by Crippen LogP contribution is -2.28. The van der Waals surface area contributed by atoms with E-state index < -0.39 is 10.0 Å². The van der Waals surface area contributed by atoms with Gasteiger partial charge in [-0.1, -0.05) is 6.07 Å². The van der Waals surface area contributed by atoms with Gasteiger partial charge < -0.3 is 14.8 Å². The third kappa shape index (κ3) is 4.75. The van der Waals surface area contributed by atoms with Crippen molar-refractivity contribution in [3.8, 4) is 11.5 Å². The van der Waals surface area contributed by atoms with E-state index in [-0.39, 0.29) is 11.9 Å². The molecule has 0 heterocycles. The number of hydrogen-bond acceptors (Lipinski definition) is 5. The van der Waals surface area contributed by atoms with Crippen LogP contribution >= 0.6 is 0 Å². The third-order valence-corrected chi connectivity index (χ3v) is 5.75. The molecule has 28 heavy (non-hydrogen) atoms. The van der Waals surface area contributed by atoms with Crippen molar-refractivity contribution in [1.82, 2.24) is 5.32 Å². The van der Waals surface area contributed by atoms with Crippen LogP contribution in [0.15, 0.2) is 36.4 Å². The fraction of sp³-hybridized carbons (Fsp3) is 0.350. The molecular formula is C20H26N2O5S. The number of anilines is 1. The molecule has 0 fully saturated rings. The van der Waals surface area contributed by atoms with Crippen molar-refractivity contribution >= 4 is 21.6 Å². The van der Waals surface area contributed by atoms with Crippen LogP contribution in [0.25, 0.3) is 0 Å². The number of hydrogen-bond donors (Lipinski definition) is 1. The van der Waals surface area contributed by atoms with E-state index in [1.54, 1.807) is 51.5 Å². The SMILES string of the molecule is COc1ccc(OC)c([C@@H](C)NC(=O)c2ccc(C)c(N(C)S(C)(=O)=O)c2)c1. The van der Waals surface area contributed by atoms with Crippen LogP contribution in [0.4, 0.5) is 5.69 Å². The molecule has 1 N–H and O–H groups in total. The Morgan fingerprint density at radius 3 is 2.36 bits per heavy atom. The minimum atomic E-state index is -3.43. The molecule has 7 nitrogen and oxygen atoms in total. The Bertz CT molecular complexity index is 973. The summed E-state index contributed by atoms with van der Waals surface area (Å²) in [5, 5.41) is 2.92. The molecule has 8 heteroatoms. The predicted molar refractivity (Wildman–Crippen MR) is 110 cm³/mol. The van der Waals surface area contributed by atoms with Gasteiger partial charge >= 0.3 is 0 Å². The highest BCUT2D eigenvalue weighted by molar-refractivity contribution is 7.92. The quantitative estimate of drug-likeness (QED) is 0.764. The number of carbonyl (C=O) groups excluding carboxylic acids is 1. The summed E-state index contributed by atoms with van der Waals surface area (Å²) in [6, 6.07) is 9.98. The molecule has 152 valence electrons. The lowest BCUT2D eigenvalue weighted by molar-refractivity contribution is 0.0939. The molecule has 0 radical (unpaired) electrons. The van der Waals surface area contributed by atoms with Crippen LogP contribution in [0, 0.1) is 6.92 Å². The summed E-state index contributed by atoms with van der Waals surface area (Å²) in [4.78, 5) is 12.8. The first-order valence-corrected chi connectivity index (χ1v) is 10.5. The van der Waals surface area contributed by atoms with E-state index in [0.29, 0.717) is 22.7 Å². The minimum Gasteiger partial charge on any atom is -0.497 e. The number of ether oxygens (including phenoxy) is 2. The number of methoxy groups -OCH3 is 2. The molecule has 0 unspecified atom stereocenters. The molecule has 1 atom stereocenters. The van der Waals surface area contributed by atoms with Gasteiger partial charge in [-0.15, -0.1) is 0 Å². The molecule has 0 saturated heterocycles. The molecule has 2 aromatic carbocycles. The van der Waals surface area contributed by atoms with Crippen molar-refractivity contribution in [2.75, 3.05) is 31.8 Å². The molecule has 2 rings (SSSR count). The average Bonchev–Trinajstić information content (AvgIpc) is 2.66. The van der Waals surface area contributed by atoms with E-state index in [9.17, 15) is 13.2 Å². The van der Waals surface area contributed by atoms with Gasteiger partial charge in [0.15, 0.2) is 0 Å². The fourth-order valence-electron chi connectivity index (χ4n) is 2.80. The van der Waals surface area contributed by atoms with Crippen LogP contribution in [-0.2, 0) is 10.0 Å². The van der Waals surface area contributed by atoms with E-state index in [2.05, 4.69) is 5.32 Å². The maximum atomic E-state index is 12.8. The Balaban J connectivity index is 2.31. The summed E-state index contributed by atoms with van der Waals surface area (Å²) >= 11 is 0. The topological polar surface area (TPSA) is 84.9 Å². The number of sulfonamides is 1. The largest absolute Gasteiger partial charge is 0.497 e. The molecule has 0 saturated carbocycles. The van der Waals surface area contributed by atoms with Gasteiger partial charge in [0.2, 0.25) is 10.0 Å². The van der Waals surface area contributed by atoms with Crippen molar-refractivity contribution in [3.63, 3.8) is 0 Å². The highest BCUT2D eigenvalue weighted by Gasteiger charge is 2.19. The first-order valence-electron chi connectivity index (χ1n) is 8.65. The molecule has 0 aliphatic rings. The summed E-state index contributed by atoms with van der Waals surface area (Å²) in [7, 11) is 1.16. The van der Waals surface area contributed by atoms with Gasteiger partial charge in [0.25, 0.3) is 5.91 Å². The molecule has 0 bridgehead atoms. The van der Waals surface area contributed by atoms with E-state index in [0.717, 1.165) is 21.7 Å². The van der Waals surface area contributed by atoms with Gasteiger partial charge in [-0.3, -0.25) is 9.10 Å². The van der Waals surface area contributed by atoms with E-state index in [4.69, 9.17) is 9.47 Å². The molecule has 0 aliphatic carbocycles. The highest BCUT2D eigenvalue weighted by atomic mass is 32.2. The van der Waals surface area contributed by atoms with Crippen LogP contribution in [0.1, 0.15) is 34.5 Å². The van der Waals surface area contributed by atoms with Crippen LogP contribution in [-0.4, -0.2) is 41.8 Å². The second-order valence-corrected chi connectivity index (χ2v) is 8.55. The highest BCUT2D eigenvalue weighted by Crippen LogP contribution is 2.30. The Kier molecular flexibility index (Phi) is 6.56. The van der Waals surface area contributed by atoms with Gasteiger partial charge in [-0.2, -0.15) is 0 Å². The van der Waals surface area contributed by atoms with Gasteiger partial charge in [0.05, 0.1) is 32.2 Å². The zero-order valence-electron chi connectivity index (χ0n) is 16.9. The molecule has 0 aromatic heterocycles. The number of nitrogens with one attached hydrogen (secondary N) is 1.